The molecule has 2 amide bonds. The van der Waals surface area contributed by atoms with Gasteiger partial charge in [0, 0.05) is 19.0 Å². The predicted molar refractivity (Wildman–Crippen MR) is 69.6 cm³/mol. The molecule has 1 aliphatic rings. The molecule has 1 heterocycles. The number of ether oxygens (including phenoxy) is 1. The van der Waals surface area contributed by atoms with Crippen molar-refractivity contribution in [2.75, 3.05) is 25.6 Å². The first-order chi connectivity index (χ1) is 8.56. The molecule has 0 unspecified atom stereocenters. The fraction of sp³-hybridized carbons (Fsp3) is 0.833. The number of amides is 2. The molecule has 0 spiro atoms. The largest absolute Gasteiger partial charge is 0.449 e. The van der Waals surface area contributed by atoms with Gasteiger partial charge in [-0.25, -0.2) is 4.79 Å². The molecule has 6 heteroatoms. The number of halogens is 1. The summed E-state index contributed by atoms with van der Waals surface area (Å²) in [6, 6.07) is -0.409. The molecule has 18 heavy (non-hydrogen) atoms. The van der Waals surface area contributed by atoms with Crippen molar-refractivity contribution in [3.05, 3.63) is 0 Å². The van der Waals surface area contributed by atoms with Crippen molar-refractivity contribution in [2.45, 2.75) is 32.7 Å². The first kappa shape index (κ1) is 15.1. The van der Waals surface area contributed by atoms with E-state index in [1.54, 1.807) is 0 Å². The molecule has 1 fully saturated rings. The summed E-state index contributed by atoms with van der Waals surface area (Å²) in [7, 11) is 0. The van der Waals surface area contributed by atoms with Crippen LogP contribution in [0.3, 0.4) is 0 Å². The molecule has 0 saturated carbocycles. The minimum atomic E-state index is -0.409. The minimum absolute atomic E-state index is 0.144. The summed E-state index contributed by atoms with van der Waals surface area (Å²) in [5.41, 5.74) is 0. The minimum Gasteiger partial charge on any atom is -0.449 e. The molecular weight excluding hydrogens is 256 g/mol. The zero-order chi connectivity index (χ0) is 13.5. The number of hydrogen-bond acceptors (Lipinski definition) is 3. The summed E-state index contributed by atoms with van der Waals surface area (Å²) < 4.78 is 5.15. The van der Waals surface area contributed by atoms with Gasteiger partial charge < -0.3 is 10.1 Å². The topological polar surface area (TPSA) is 58.6 Å². The van der Waals surface area contributed by atoms with Gasteiger partial charge in [-0.15, -0.1) is 11.6 Å². The van der Waals surface area contributed by atoms with Gasteiger partial charge in [-0.1, -0.05) is 13.8 Å². The number of rotatable bonds is 5. The first-order valence-electron chi connectivity index (χ1n) is 6.33. The monoisotopic (exact) mass is 276 g/mol. The Bertz CT molecular complexity index is 297. The summed E-state index contributed by atoms with van der Waals surface area (Å²) in [6.07, 6.45) is 1.12. The van der Waals surface area contributed by atoms with Crippen LogP contribution >= 0.6 is 11.6 Å². The molecule has 1 aliphatic heterocycles. The lowest BCUT2D eigenvalue weighted by Gasteiger charge is -2.23. The van der Waals surface area contributed by atoms with Crippen molar-refractivity contribution in [1.82, 2.24) is 10.2 Å². The van der Waals surface area contributed by atoms with Gasteiger partial charge in [0.2, 0.25) is 5.91 Å². The van der Waals surface area contributed by atoms with Gasteiger partial charge in [-0.2, -0.15) is 0 Å². The molecular formula is C12H21ClN2O3. The maximum absolute atomic E-state index is 11.8. The van der Waals surface area contributed by atoms with E-state index in [1.165, 1.54) is 4.90 Å². The standard InChI is InChI=1S/C12H21ClN2O3/c1-9(2)8-18-12(17)15-7-3-4-10(15)11(16)14-6-5-13/h9-10H,3-8H2,1-2H3,(H,14,16)/t10-/m1/s1. The second-order valence-corrected chi connectivity index (χ2v) is 5.18. The third kappa shape index (κ3) is 4.37. The van der Waals surface area contributed by atoms with E-state index in [-0.39, 0.29) is 5.91 Å². The van der Waals surface area contributed by atoms with Gasteiger partial charge in [-0.05, 0) is 18.8 Å². The molecule has 1 N–H and O–H groups in total. The predicted octanol–water partition coefficient (Wildman–Crippen LogP) is 1.60. The van der Waals surface area contributed by atoms with Crippen molar-refractivity contribution in [2.24, 2.45) is 5.92 Å². The molecule has 104 valence electrons. The van der Waals surface area contributed by atoms with E-state index in [2.05, 4.69) is 5.32 Å². The lowest BCUT2D eigenvalue weighted by Crippen LogP contribution is -2.46. The van der Waals surface area contributed by atoms with Crippen LogP contribution in [-0.2, 0) is 9.53 Å². The molecule has 0 aromatic heterocycles. The zero-order valence-corrected chi connectivity index (χ0v) is 11.7. The smallest absolute Gasteiger partial charge is 0.410 e. The molecule has 1 atom stereocenters. The second-order valence-electron chi connectivity index (χ2n) is 4.80. The third-order valence-electron chi connectivity index (χ3n) is 2.72. The van der Waals surface area contributed by atoms with Gasteiger partial charge >= 0.3 is 6.09 Å². The Hall–Kier alpha value is -0.970. The van der Waals surface area contributed by atoms with Crippen molar-refractivity contribution in [3.8, 4) is 0 Å². The van der Waals surface area contributed by atoms with Crippen LogP contribution in [0.2, 0.25) is 0 Å². The van der Waals surface area contributed by atoms with Crippen LogP contribution in [0.15, 0.2) is 0 Å². The van der Waals surface area contributed by atoms with Gasteiger partial charge in [0.1, 0.15) is 6.04 Å². The Kier molecular flexibility index (Phi) is 6.25. The fourth-order valence-corrected chi connectivity index (χ4v) is 1.96. The number of carbonyl (C=O) groups excluding carboxylic acids is 2. The average molecular weight is 277 g/mol. The molecule has 5 nitrogen and oxygen atoms in total. The van der Waals surface area contributed by atoms with Crippen LogP contribution in [0.25, 0.3) is 0 Å². The van der Waals surface area contributed by atoms with Crippen molar-refractivity contribution >= 4 is 23.6 Å². The summed E-state index contributed by atoms with van der Waals surface area (Å²) in [4.78, 5) is 25.2. The van der Waals surface area contributed by atoms with Gasteiger partial charge in [-0.3, -0.25) is 9.69 Å². The van der Waals surface area contributed by atoms with E-state index in [0.717, 1.165) is 6.42 Å². The van der Waals surface area contributed by atoms with Crippen LogP contribution in [0.4, 0.5) is 4.79 Å². The Labute approximate surface area is 113 Å². The average Bonchev–Trinajstić information content (AvgIpc) is 2.82. The van der Waals surface area contributed by atoms with Crippen LogP contribution in [0.1, 0.15) is 26.7 Å². The molecule has 1 saturated heterocycles. The number of likely N-dealkylation sites (tertiary alicyclic amines) is 1. The van der Waals surface area contributed by atoms with E-state index in [1.807, 2.05) is 13.8 Å². The second kappa shape index (κ2) is 7.46. The van der Waals surface area contributed by atoms with E-state index >= 15 is 0 Å². The van der Waals surface area contributed by atoms with Crippen molar-refractivity contribution in [3.63, 3.8) is 0 Å². The first-order valence-corrected chi connectivity index (χ1v) is 6.86. The maximum Gasteiger partial charge on any atom is 0.410 e. The highest BCUT2D eigenvalue weighted by Crippen LogP contribution is 2.18. The molecule has 1 rings (SSSR count). The Morgan fingerprint density at radius 2 is 2.22 bits per heavy atom. The molecule has 0 aliphatic carbocycles. The summed E-state index contributed by atoms with van der Waals surface area (Å²) in [5.74, 6) is 0.519. The Balaban J connectivity index is 2.48. The Morgan fingerprint density at radius 3 is 2.83 bits per heavy atom. The number of nitrogens with one attached hydrogen (secondary N) is 1. The van der Waals surface area contributed by atoms with Crippen molar-refractivity contribution in [1.29, 1.82) is 0 Å². The van der Waals surface area contributed by atoms with Gasteiger partial charge in [0.15, 0.2) is 0 Å². The highest BCUT2D eigenvalue weighted by molar-refractivity contribution is 6.18. The van der Waals surface area contributed by atoms with Gasteiger partial charge in [0.05, 0.1) is 6.61 Å². The normalized spacial score (nSPS) is 19.1. The molecule has 0 bridgehead atoms. The van der Waals surface area contributed by atoms with Crippen molar-refractivity contribution < 1.29 is 14.3 Å². The lowest BCUT2D eigenvalue weighted by molar-refractivity contribution is -0.125. The molecule has 0 aromatic carbocycles. The third-order valence-corrected chi connectivity index (χ3v) is 2.91. The van der Waals surface area contributed by atoms with Crippen LogP contribution in [0, 0.1) is 5.92 Å². The number of carbonyl (C=O) groups is 2. The maximum atomic E-state index is 11.8. The van der Waals surface area contributed by atoms with Crippen LogP contribution in [-0.4, -0.2) is 48.5 Å². The summed E-state index contributed by atoms with van der Waals surface area (Å²) >= 11 is 5.52. The summed E-state index contributed by atoms with van der Waals surface area (Å²) in [6.45, 7) is 5.33. The summed E-state index contributed by atoms with van der Waals surface area (Å²) in [5, 5.41) is 2.70. The number of alkyl halides is 1. The number of hydrogen-bond donors (Lipinski definition) is 1. The van der Waals surface area contributed by atoms with E-state index in [4.69, 9.17) is 16.3 Å². The SMILES string of the molecule is CC(C)COC(=O)N1CCC[C@@H]1C(=O)NCCCl. The highest BCUT2D eigenvalue weighted by atomic mass is 35.5. The quantitative estimate of drug-likeness (QED) is 0.776. The van der Waals surface area contributed by atoms with E-state index in [0.29, 0.717) is 37.9 Å². The highest BCUT2D eigenvalue weighted by Gasteiger charge is 2.34. The van der Waals surface area contributed by atoms with Gasteiger partial charge in [0.25, 0.3) is 0 Å². The van der Waals surface area contributed by atoms with Crippen LogP contribution in [0.5, 0.6) is 0 Å². The molecule has 0 aromatic rings. The zero-order valence-electron chi connectivity index (χ0n) is 10.9. The lowest BCUT2D eigenvalue weighted by atomic mass is 10.2. The van der Waals surface area contributed by atoms with E-state index in [9.17, 15) is 9.59 Å². The van der Waals surface area contributed by atoms with Crippen LogP contribution < -0.4 is 5.32 Å². The Morgan fingerprint density at radius 1 is 1.50 bits per heavy atom. The van der Waals surface area contributed by atoms with E-state index < -0.39 is 12.1 Å². The number of nitrogens with zero attached hydrogens (tertiary/aromatic N) is 1. The molecule has 0 radical (unpaired) electrons. The fourth-order valence-electron chi connectivity index (χ4n) is 1.87.